The van der Waals surface area contributed by atoms with Crippen molar-refractivity contribution in [3.05, 3.63) is 33.6 Å². The van der Waals surface area contributed by atoms with Crippen molar-refractivity contribution < 1.29 is 9.09 Å². The van der Waals surface area contributed by atoms with Gasteiger partial charge in [0.2, 0.25) is 0 Å². The average Bonchev–Trinajstić information content (AvgIpc) is 2.41. The van der Waals surface area contributed by atoms with Gasteiger partial charge in [0.15, 0.2) is 0 Å². The predicted molar refractivity (Wildman–Crippen MR) is 110 cm³/mol. The van der Waals surface area contributed by atoms with E-state index in [1.54, 1.807) is 5.82 Å². The van der Waals surface area contributed by atoms with E-state index in [9.17, 15) is 4.57 Å². The molecule has 1 aromatic rings. The molecule has 0 spiro atoms. The molecule has 0 amide bonds. The number of fused-ring (bicyclic) bond motifs is 1. The van der Waals surface area contributed by atoms with Gasteiger partial charge in [0.1, 0.15) is 5.75 Å². The highest BCUT2D eigenvalue weighted by Gasteiger charge is 2.37. The van der Waals surface area contributed by atoms with Crippen LogP contribution in [0.3, 0.4) is 0 Å². The largest absolute Gasteiger partial charge is 0.429 e. The summed E-state index contributed by atoms with van der Waals surface area (Å²) in [6, 6.07) is 1.96. The number of rotatable bonds is 3. The molecule has 1 aromatic carbocycles. The number of allylic oxidation sites excluding steroid dienone is 1. The maximum atomic E-state index is 12.7. The fourth-order valence-corrected chi connectivity index (χ4v) is 5.45. The Kier molecular flexibility index (Phi) is 5.80. The third-order valence-corrected chi connectivity index (χ3v) is 6.29. The molecular weight excluding hydrogens is 374 g/mol. The van der Waals surface area contributed by atoms with Crippen LogP contribution in [0.1, 0.15) is 84.4 Å². The van der Waals surface area contributed by atoms with Crippen molar-refractivity contribution in [3.63, 3.8) is 0 Å². The number of hydrogen-bond acceptors (Lipinski definition) is 2. The molecule has 0 aromatic heterocycles. The standard InChI is InChI=1S/C20H29Cl2O2P/c1-8-9-10-13-12-25(22,23)24-18-14(19(2,3)4)11-15(21)17(16(13)18)20(5,6)7/h11-12H,8-10H2,1-7H3. The van der Waals surface area contributed by atoms with Gasteiger partial charge in [0, 0.05) is 22.0 Å². The van der Waals surface area contributed by atoms with Gasteiger partial charge in [-0.1, -0.05) is 66.5 Å². The van der Waals surface area contributed by atoms with Gasteiger partial charge in [-0.3, -0.25) is 4.57 Å². The van der Waals surface area contributed by atoms with Crippen molar-refractivity contribution >= 4 is 35.1 Å². The summed E-state index contributed by atoms with van der Waals surface area (Å²) in [6.45, 7) is 11.5. The van der Waals surface area contributed by atoms with Crippen LogP contribution in [0.5, 0.6) is 5.75 Å². The quantitative estimate of drug-likeness (QED) is 0.475. The lowest BCUT2D eigenvalue weighted by Gasteiger charge is -2.35. The maximum absolute atomic E-state index is 12.7. The molecule has 1 aliphatic rings. The molecule has 1 atom stereocenters. The minimum Gasteiger partial charge on any atom is -0.429 e. The van der Waals surface area contributed by atoms with Crippen molar-refractivity contribution in [2.75, 3.05) is 0 Å². The van der Waals surface area contributed by atoms with Crippen LogP contribution in [-0.2, 0) is 15.4 Å². The van der Waals surface area contributed by atoms with E-state index in [2.05, 4.69) is 48.5 Å². The van der Waals surface area contributed by atoms with Crippen molar-refractivity contribution in [3.8, 4) is 5.75 Å². The second-order valence-corrected chi connectivity index (χ2v) is 12.2. The Morgan fingerprint density at radius 1 is 1.12 bits per heavy atom. The molecule has 1 aliphatic heterocycles. The Bertz CT molecular complexity index is 752. The van der Waals surface area contributed by atoms with Crippen LogP contribution in [0.25, 0.3) is 5.57 Å². The van der Waals surface area contributed by atoms with E-state index in [4.69, 9.17) is 27.4 Å². The van der Waals surface area contributed by atoms with Crippen LogP contribution in [0.4, 0.5) is 0 Å². The van der Waals surface area contributed by atoms with Gasteiger partial charge < -0.3 is 4.52 Å². The van der Waals surface area contributed by atoms with E-state index in [0.29, 0.717) is 5.75 Å². The van der Waals surface area contributed by atoms with Crippen molar-refractivity contribution in [1.29, 1.82) is 0 Å². The van der Waals surface area contributed by atoms with Crippen LogP contribution < -0.4 is 4.52 Å². The zero-order valence-corrected chi connectivity index (χ0v) is 18.7. The number of unbranched alkanes of at least 4 members (excludes halogenated alkanes) is 1. The van der Waals surface area contributed by atoms with E-state index < -0.39 is 6.72 Å². The Morgan fingerprint density at radius 3 is 2.20 bits per heavy atom. The topological polar surface area (TPSA) is 26.3 Å². The zero-order chi connectivity index (χ0) is 19.2. The van der Waals surface area contributed by atoms with Crippen LogP contribution >= 0.6 is 29.6 Å². The van der Waals surface area contributed by atoms with Gasteiger partial charge in [0.05, 0.1) is 0 Å². The van der Waals surface area contributed by atoms with Crippen LogP contribution in [0, 0.1) is 0 Å². The van der Waals surface area contributed by atoms with Gasteiger partial charge >= 0.3 is 6.72 Å². The van der Waals surface area contributed by atoms with Gasteiger partial charge in [-0.2, -0.15) is 0 Å². The molecule has 140 valence electrons. The number of benzene rings is 1. The molecule has 0 saturated carbocycles. The lowest BCUT2D eigenvalue weighted by atomic mass is 9.76. The van der Waals surface area contributed by atoms with E-state index in [-0.39, 0.29) is 10.8 Å². The van der Waals surface area contributed by atoms with Crippen molar-refractivity contribution in [2.45, 2.75) is 78.6 Å². The van der Waals surface area contributed by atoms with Crippen molar-refractivity contribution in [1.82, 2.24) is 0 Å². The lowest BCUT2D eigenvalue weighted by molar-refractivity contribution is 0.481. The zero-order valence-electron chi connectivity index (χ0n) is 16.3. The van der Waals surface area contributed by atoms with Gasteiger partial charge in [-0.25, -0.2) is 0 Å². The Labute approximate surface area is 162 Å². The Hall–Kier alpha value is -0.430. The third kappa shape index (κ3) is 4.46. The van der Waals surface area contributed by atoms with Crippen LogP contribution in [-0.4, -0.2) is 0 Å². The summed E-state index contributed by atoms with van der Waals surface area (Å²) in [7, 11) is 0. The molecule has 2 nitrogen and oxygen atoms in total. The number of halogens is 2. The third-order valence-electron chi connectivity index (χ3n) is 4.44. The summed E-state index contributed by atoms with van der Waals surface area (Å²) in [5, 5.41) is 0.730. The highest BCUT2D eigenvalue weighted by molar-refractivity contribution is 7.88. The van der Waals surface area contributed by atoms with E-state index in [1.807, 2.05) is 6.07 Å². The fourth-order valence-electron chi connectivity index (χ4n) is 3.28. The molecule has 0 N–H and O–H groups in total. The summed E-state index contributed by atoms with van der Waals surface area (Å²) in [5.41, 5.74) is 3.61. The second kappa shape index (κ2) is 6.95. The summed E-state index contributed by atoms with van der Waals surface area (Å²) in [6.07, 6.45) is 2.87. The van der Waals surface area contributed by atoms with Crippen LogP contribution in [0.15, 0.2) is 11.9 Å². The molecule has 5 heteroatoms. The molecule has 0 bridgehead atoms. The van der Waals surface area contributed by atoms with E-state index >= 15 is 0 Å². The molecule has 25 heavy (non-hydrogen) atoms. The number of hydrogen-bond donors (Lipinski definition) is 0. The van der Waals surface area contributed by atoms with Gasteiger partial charge in [0.25, 0.3) is 0 Å². The van der Waals surface area contributed by atoms with Crippen molar-refractivity contribution in [2.24, 2.45) is 0 Å². The highest BCUT2D eigenvalue weighted by atomic mass is 35.7. The first-order valence-electron chi connectivity index (χ1n) is 8.86. The summed E-state index contributed by atoms with van der Waals surface area (Å²) in [5.74, 6) is 2.28. The minimum absolute atomic E-state index is 0.167. The molecular formula is C20H29Cl2O2P. The highest BCUT2D eigenvalue weighted by Crippen LogP contribution is 2.63. The molecule has 0 fully saturated rings. The summed E-state index contributed by atoms with van der Waals surface area (Å²) in [4.78, 5) is 0. The smallest absolute Gasteiger partial charge is 0.359 e. The lowest BCUT2D eigenvalue weighted by Crippen LogP contribution is -2.21. The van der Waals surface area contributed by atoms with Crippen LogP contribution in [0.2, 0.25) is 5.02 Å². The Morgan fingerprint density at radius 2 is 1.72 bits per heavy atom. The fraction of sp³-hybridized carbons (Fsp3) is 0.600. The second-order valence-electron chi connectivity index (χ2n) is 8.86. The maximum Gasteiger partial charge on any atom is 0.359 e. The predicted octanol–water partition coefficient (Wildman–Crippen LogP) is 8.29. The first-order valence-corrected chi connectivity index (χ1v) is 11.8. The Balaban J connectivity index is 2.90. The molecule has 0 radical (unpaired) electrons. The van der Waals surface area contributed by atoms with Gasteiger partial charge in [-0.15, -0.1) is 0 Å². The average molecular weight is 403 g/mol. The minimum atomic E-state index is -3.33. The first kappa shape index (κ1) is 20.9. The molecule has 0 aliphatic carbocycles. The van der Waals surface area contributed by atoms with E-state index in [0.717, 1.165) is 46.5 Å². The van der Waals surface area contributed by atoms with Gasteiger partial charge in [-0.05, 0) is 52.1 Å². The summed E-state index contributed by atoms with van der Waals surface area (Å²) < 4.78 is 18.6. The first-order chi connectivity index (χ1) is 11.3. The SMILES string of the molecule is CCCCC1=CP(=O)(Cl)Oc2c(C(C)(C)C)cc(Cl)c(C(C)(C)C)c21. The molecule has 2 rings (SSSR count). The molecule has 1 unspecified atom stereocenters. The monoisotopic (exact) mass is 402 g/mol. The normalized spacial score (nSPS) is 20.8. The van der Waals surface area contributed by atoms with E-state index in [1.165, 1.54) is 0 Å². The molecule has 0 saturated heterocycles. The summed E-state index contributed by atoms with van der Waals surface area (Å²) >= 11 is 13.0. The molecule has 1 heterocycles.